The van der Waals surface area contributed by atoms with Crippen LogP contribution >= 0.6 is 0 Å². The van der Waals surface area contributed by atoms with Crippen LogP contribution in [0.15, 0.2) is 64.7 Å². The zero-order valence-corrected chi connectivity index (χ0v) is 15.6. The van der Waals surface area contributed by atoms with Gasteiger partial charge < -0.3 is 4.98 Å². The number of sulfonamides is 1. The molecule has 1 aromatic heterocycles. The number of carbonyl (C=O) groups is 1. The third kappa shape index (κ3) is 4.42. The fraction of sp³-hybridized carbons (Fsp3) is 0.158. The number of carbonyl (C=O) groups excluding carboxylic acids is 1. The van der Waals surface area contributed by atoms with Crippen LogP contribution in [0.3, 0.4) is 0 Å². The number of hydrogen-bond acceptors (Lipinski definition) is 4. The van der Waals surface area contributed by atoms with Crippen molar-refractivity contribution in [2.45, 2.75) is 18.2 Å². The first-order valence-electron chi connectivity index (χ1n) is 8.47. The summed E-state index contributed by atoms with van der Waals surface area (Å²) in [6.45, 7) is 1.68. The molecule has 3 N–H and O–H groups in total. The second kappa shape index (κ2) is 8.15. The van der Waals surface area contributed by atoms with Crippen molar-refractivity contribution in [3.05, 3.63) is 65.9 Å². The van der Waals surface area contributed by atoms with Crippen LogP contribution in [0, 0.1) is 0 Å². The Bertz CT molecular complexity index is 1070. The molecule has 3 aromatic rings. The summed E-state index contributed by atoms with van der Waals surface area (Å²) in [5.74, 6) is -0.556. The van der Waals surface area contributed by atoms with Crippen LogP contribution in [0.4, 0.5) is 0 Å². The number of hydrazone groups is 1. The Morgan fingerprint density at radius 3 is 2.67 bits per heavy atom. The first-order valence-corrected chi connectivity index (χ1v) is 9.95. The molecule has 7 nitrogen and oxygen atoms in total. The summed E-state index contributed by atoms with van der Waals surface area (Å²) in [7, 11) is -3.73. The van der Waals surface area contributed by atoms with Crippen molar-refractivity contribution in [3.8, 4) is 0 Å². The van der Waals surface area contributed by atoms with E-state index in [0.29, 0.717) is 0 Å². The van der Waals surface area contributed by atoms with Crippen LogP contribution in [0.1, 0.15) is 18.1 Å². The van der Waals surface area contributed by atoms with Gasteiger partial charge in [-0.05, 0) is 24.1 Å². The van der Waals surface area contributed by atoms with Crippen molar-refractivity contribution in [2.75, 3.05) is 6.54 Å². The standard InChI is InChI=1S/C19H20N4O3S/c1-2-14-7-6-10-17-15(11-20-19(14)17)12-21-23-18(24)13-22-27(25,26)16-8-4-3-5-9-16/h3-12,20,22H,2,13H2,1H3,(H,23,24)/b21-12+. The second-order valence-electron chi connectivity index (χ2n) is 5.87. The Kier molecular flexibility index (Phi) is 5.68. The number of benzene rings is 2. The van der Waals surface area contributed by atoms with Crippen molar-refractivity contribution in [1.29, 1.82) is 0 Å². The first-order chi connectivity index (χ1) is 13.0. The minimum Gasteiger partial charge on any atom is -0.360 e. The second-order valence-corrected chi connectivity index (χ2v) is 7.64. The Morgan fingerprint density at radius 2 is 1.93 bits per heavy atom. The molecule has 0 aliphatic heterocycles. The van der Waals surface area contributed by atoms with E-state index in [2.05, 4.69) is 33.2 Å². The van der Waals surface area contributed by atoms with Gasteiger partial charge in [-0.2, -0.15) is 5.10 Å². The number of hydrogen-bond donors (Lipinski definition) is 3. The van der Waals surface area contributed by atoms with Gasteiger partial charge in [0.15, 0.2) is 0 Å². The number of H-pyrrole nitrogens is 1. The van der Waals surface area contributed by atoms with E-state index in [1.807, 2.05) is 18.3 Å². The molecule has 0 radical (unpaired) electrons. The molecular weight excluding hydrogens is 364 g/mol. The minimum atomic E-state index is -3.73. The molecule has 0 unspecified atom stereocenters. The lowest BCUT2D eigenvalue weighted by Crippen LogP contribution is -2.34. The fourth-order valence-corrected chi connectivity index (χ4v) is 3.70. The molecule has 1 heterocycles. The van der Waals surface area contributed by atoms with Gasteiger partial charge in [-0.3, -0.25) is 4.79 Å². The minimum absolute atomic E-state index is 0.104. The van der Waals surface area contributed by atoms with E-state index in [1.54, 1.807) is 18.2 Å². The Labute approximate surface area is 157 Å². The summed E-state index contributed by atoms with van der Waals surface area (Å²) in [6, 6.07) is 13.9. The van der Waals surface area contributed by atoms with Gasteiger partial charge in [-0.1, -0.05) is 43.3 Å². The molecule has 0 atom stereocenters. The molecule has 0 saturated heterocycles. The first kappa shape index (κ1) is 18.8. The monoisotopic (exact) mass is 384 g/mol. The highest BCUT2D eigenvalue weighted by Crippen LogP contribution is 2.20. The molecule has 2 aromatic carbocycles. The highest BCUT2D eigenvalue weighted by molar-refractivity contribution is 7.89. The smallest absolute Gasteiger partial charge is 0.255 e. The molecule has 8 heteroatoms. The van der Waals surface area contributed by atoms with E-state index in [4.69, 9.17) is 0 Å². The highest BCUT2D eigenvalue weighted by Gasteiger charge is 2.14. The molecule has 0 aliphatic carbocycles. The lowest BCUT2D eigenvalue weighted by atomic mass is 10.1. The summed E-state index contributed by atoms with van der Waals surface area (Å²) in [4.78, 5) is 15.2. The maximum atomic E-state index is 12.1. The van der Waals surface area contributed by atoms with Crippen LogP contribution < -0.4 is 10.1 Å². The molecule has 27 heavy (non-hydrogen) atoms. The van der Waals surface area contributed by atoms with E-state index in [1.165, 1.54) is 23.9 Å². The molecule has 0 aliphatic rings. The number of fused-ring (bicyclic) bond motifs is 1. The zero-order valence-electron chi connectivity index (χ0n) is 14.8. The van der Waals surface area contributed by atoms with Crippen LogP contribution in [-0.2, 0) is 21.2 Å². The molecule has 0 spiro atoms. The third-order valence-electron chi connectivity index (χ3n) is 4.08. The third-order valence-corrected chi connectivity index (χ3v) is 5.50. The number of nitrogens with one attached hydrogen (secondary N) is 3. The molecular formula is C19H20N4O3S. The normalized spacial score (nSPS) is 11.9. The van der Waals surface area contributed by atoms with Crippen molar-refractivity contribution >= 4 is 33.0 Å². The average molecular weight is 384 g/mol. The maximum Gasteiger partial charge on any atom is 0.255 e. The van der Waals surface area contributed by atoms with Crippen LogP contribution in [0.25, 0.3) is 10.9 Å². The number of para-hydroxylation sites is 1. The molecule has 0 saturated carbocycles. The van der Waals surface area contributed by atoms with E-state index >= 15 is 0 Å². The quantitative estimate of drug-likeness (QED) is 0.429. The Balaban J connectivity index is 1.60. The van der Waals surface area contributed by atoms with Crippen LogP contribution in [0.5, 0.6) is 0 Å². The van der Waals surface area contributed by atoms with Gasteiger partial charge in [0.1, 0.15) is 0 Å². The zero-order chi connectivity index (χ0) is 19.3. The SMILES string of the molecule is CCc1cccc2c(/C=N/NC(=O)CNS(=O)(=O)c3ccccc3)c[nH]c12. The summed E-state index contributed by atoms with van der Waals surface area (Å²) < 4.78 is 26.4. The number of aryl methyl sites for hydroxylation is 1. The lowest BCUT2D eigenvalue weighted by Gasteiger charge is -2.05. The van der Waals surface area contributed by atoms with Gasteiger partial charge in [0.05, 0.1) is 17.7 Å². The largest absolute Gasteiger partial charge is 0.360 e. The maximum absolute atomic E-state index is 12.1. The van der Waals surface area contributed by atoms with E-state index in [-0.39, 0.29) is 4.90 Å². The lowest BCUT2D eigenvalue weighted by molar-refractivity contribution is -0.119. The summed E-state index contributed by atoms with van der Waals surface area (Å²) in [5, 5.41) is 4.92. The predicted octanol–water partition coefficient (Wildman–Crippen LogP) is 2.16. The van der Waals surface area contributed by atoms with E-state index in [9.17, 15) is 13.2 Å². The van der Waals surface area contributed by atoms with Gasteiger partial charge in [0.25, 0.3) is 5.91 Å². The van der Waals surface area contributed by atoms with E-state index < -0.39 is 22.5 Å². The average Bonchev–Trinajstić information content (AvgIpc) is 3.10. The van der Waals surface area contributed by atoms with Crippen LogP contribution in [-0.4, -0.2) is 32.1 Å². The molecule has 0 bridgehead atoms. The van der Waals surface area contributed by atoms with Crippen molar-refractivity contribution in [2.24, 2.45) is 5.10 Å². The summed E-state index contributed by atoms with van der Waals surface area (Å²) in [6.07, 6.45) is 4.26. The van der Waals surface area contributed by atoms with E-state index in [0.717, 1.165) is 22.9 Å². The van der Waals surface area contributed by atoms with Crippen molar-refractivity contribution in [1.82, 2.24) is 15.1 Å². The number of aromatic amines is 1. The summed E-state index contributed by atoms with van der Waals surface area (Å²) in [5.41, 5.74) is 5.41. The fourth-order valence-electron chi connectivity index (χ4n) is 2.70. The van der Waals surface area contributed by atoms with Gasteiger partial charge in [-0.15, -0.1) is 0 Å². The highest BCUT2D eigenvalue weighted by atomic mass is 32.2. The number of amides is 1. The van der Waals surface area contributed by atoms with Gasteiger partial charge in [0, 0.05) is 22.7 Å². The van der Waals surface area contributed by atoms with Gasteiger partial charge >= 0.3 is 0 Å². The Hall–Kier alpha value is -2.97. The number of rotatable bonds is 7. The number of nitrogens with zero attached hydrogens (tertiary/aromatic N) is 1. The van der Waals surface area contributed by atoms with Gasteiger partial charge in [-0.25, -0.2) is 18.6 Å². The molecule has 3 rings (SSSR count). The molecule has 1 amide bonds. The van der Waals surface area contributed by atoms with Crippen molar-refractivity contribution in [3.63, 3.8) is 0 Å². The number of aromatic nitrogens is 1. The van der Waals surface area contributed by atoms with Crippen molar-refractivity contribution < 1.29 is 13.2 Å². The van der Waals surface area contributed by atoms with Gasteiger partial charge in [0.2, 0.25) is 10.0 Å². The summed E-state index contributed by atoms with van der Waals surface area (Å²) >= 11 is 0. The molecule has 0 fully saturated rings. The van der Waals surface area contributed by atoms with Crippen LogP contribution in [0.2, 0.25) is 0 Å². The topological polar surface area (TPSA) is 103 Å². The molecule has 140 valence electrons. The predicted molar refractivity (Wildman–Crippen MR) is 105 cm³/mol. The Morgan fingerprint density at radius 1 is 1.15 bits per heavy atom.